The summed E-state index contributed by atoms with van der Waals surface area (Å²) in [5, 5.41) is 11.2. The number of hydrogen-bond acceptors (Lipinski definition) is 3. The smallest absolute Gasteiger partial charge is 0.274 e. The van der Waals surface area contributed by atoms with Crippen molar-refractivity contribution in [2.24, 2.45) is 7.05 Å². The van der Waals surface area contributed by atoms with Crippen LogP contribution in [-0.4, -0.2) is 20.2 Å². The van der Waals surface area contributed by atoms with Crippen molar-refractivity contribution in [3.05, 3.63) is 38.7 Å². The largest absolute Gasteiger partial charge is 0.282 e. The average molecular weight is 298 g/mol. The van der Waals surface area contributed by atoms with Gasteiger partial charge in [0.2, 0.25) is 0 Å². The van der Waals surface area contributed by atoms with E-state index >= 15 is 0 Å². The van der Waals surface area contributed by atoms with Crippen LogP contribution in [-0.2, 0) is 13.6 Å². The minimum absolute atomic E-state index is 0.0607. The lowest BCUT2D eigenvalue weighted by Gasteiger charge is -2.08. The summed E-state index contributed by atoms with van der Waals surface area (Å²) in [5.41, 5.74) is 0.463. The summed E-state index contributed by atoms with van der Waals surface area (Å²) in [7, 11) is 1.68. The van der Waals surface area contributed by atoms with Gasteiger partial charge in [0.15, 0.2) is 0 Å². The minimum Gasteiger partial charge on any atom is -0.282 e. The predicted octanol–water partition coefficient (Wildman–Crippen LogP) is 2.66. The van der Waals surface area contributed by atoms with Gasteiger partial charge in [0.25, 0.3) is 11.2 Å². The molecule has 7 heteroatoms. The average Bonchev–Trinajstić information content (AvgIpc) is 2.67. The van der Waals surface area contributed by atoms with E-state index in [1.807, 2.05) is 4.68 Å². The van der Waals surface area contributed by atoms with Gasteiger partial charge in [0.1, 0.15) is 0 Å². The molecule has 0 saturated heterocycles. The van der Waals surface area contributed by atoms with Gasteiger partial charge in [-0.1, -0.05) is 6.42 Å². The van der Waals surface area contributed by atoms with E-state index in [1.165, 1.54) is 16.8 Å². The van der Waals surface area contributed by atoms with Crippen molar-refractivity contribution in [3.8, 4) is 0 Å². The Morgan fingerprint density at radius 3 is 2.70 bits per heavy atom. The van der Waals surface area contributed by atoms with Gasteiger partial charge in [0.05, 0.1) is 15.8 Å². The van der Waals surface area contributed by atoms with Gasteiger partial charge in [-0.2, -0.15) is 0 Å². The van der Waals surface area contributed by atoms with Crippen molar-refractivity contribution >= 4 is 28.2 Å². The molecule has 0 amide bonds. The van der Waals surface area contributed by atoms with E-state index in [-0.39, 0.29) is 11.2 Å². The lowest BCUT2D eigenvalue weighted by atomic mass is 10.2. The number of aryl methyl sites for hydroxylation is 1. The van der Waals surface area contributed by atoms with Crippen LogP contribution in [0.3, 0.4) is 0 Å². The molecule has 0 bridgehead atoms. The van der Waals surface area contributed by atoms with Crippen LogP contribution in [0.15, 0.2) is 23.0 Å². The maximum Gasteiger partial charge on any atom is 0.274 e. The molecule has 0 radical (unpaired) electrons. The molecule has 1 aromatic carbocycles. The third kappa shape index (κ3) is 2.70. The van der Waals surface area contributed by atoms with Crippen LogP contribution < -0.4 is 5.56 Å². The van der Waals surface area contributed by atoms with Crippen LogP contribution in [0.5, 0.6) is 0 Å². The number of nitrogens with zero attached hydrogens (tertiary/aromatic N) is 3. The second-order valence-electron chi connectivity index (χ2n) is 4.66. The van der Waals surface area contributed by atoms with E-state index in [0.717, 1.165) is 24.8 Å². The highest BCUT2D eigenvalue weighted by Crippen LogP contribution is 2.19. The summed E-state index contributed by atoms with van der Waals surface area (Å²) in [6, 6.07) is 4.40. The Balaban J connectivity index is 2.38. The lowest BCUT2D eigenvalue weighted by molar-refractivity contribution is -0.384. The second-order valence-corrected chi connectivity index (χ2v) is 5.04. The first-order valence-electron chi connectivity index (χ1n) is 6.46. The molecule has 0 N–H and O–H groups in total. The molecule has 0 aliphatic carbocycles. The molecule has 0 spiro atoms. The maximum absolute atomic E-state index is 12.1. The van der Waals surface area contributed by atoms with Crippen LogP contribution >= 0.6 is 11.6 Å². The monoisotopic (exact) mass is 297 g/mol. The molecule has 0 fully saturated rings. The number of nitro benzene ring substituents is 1. The van der Waals surface area contributed by atoms with Gasteiger partial charge in [-0.05, 0) is 18.9 Å². The van der Waals surface area contributed by atoms with Crippen LogP contribution in [0.2, 0.25) is 0 Å². The van der Waals surface area contributed by atoms with Crippen molar-refractivity contribution in [1.29, 1.82) is 0 Å². The first-order chi connectivity index (χ1) is 9.56. The lowest BCUT2D eigenvalue weighted by Crippen LogP contribution is -2.19. The summed E-state index contributed by atoms with van der Waals surface area (Å²) in [5.74, 6) is 0.636. The fraction of sp³-hybridized carbons (Fsp3) is 0.462. The van der Waals surface area contributed by atoms with Gasteiger partial charge in [-0.15, -0.1) is 11.6 Å². The van der Waals surface area contributed by atoms with Gasteiger partial charge < -0.3 is 0 Å². The van der Waals surface area contributed by atoms with E-state index in [4.69, 9.17) is 11.6 Å². The van der Waals surface area contributed by atoms with Crippen molar-refractivity contribution in [1.82, 2.24) is 9.36 Å². The molecule has 108 valence electrons. The summed E-state index contributed by atoms with van der Waals surface area (Å²) in [6.45, 7) is 0.698. The number of non-ortho nitro benzene ring substituents is 1. The van der Waals surface area contributed by atoms with Crippen LogP contribution in [0, 0.1) is 10.1 Å². The Kier molecular flexibility index (Phi) is 4.44. The highest BCUT2D eigenvalue weighted by Gasteiger charge is 2.14. The normalized spacial score (nSPS) is 11.1. The zero-order valence-electron chi connectivity index (χ0n) is 11.2. The molecular formula is C13H16ClN3O3. The van der Waals surface area contributed by atoms with Gasteiger partial charge in [-0.3, -0.25) is 24.3 Å². The van der Waals surface area contributed by atoms with E-state index in [9.17, 15) is 14.9 Å². The highest BCUT2D eigenvalue weighted by molar-refractivity contribution is 6.17. The predicted molar refractivity (Wildman–Crippen MR) is 78.4 cm³/mol. The van der Waals surface area contributed by atoms with Crippen molar-refractivity contribution < 1.29 is 4.92 Å². The third-order valence-electron chi connectivity index (χ3n) is 3.36. The van der Waals surface area contributed by atoms with Crippen molar-refractivity contribution in [3.63, 3.8) is 0 Å². The van der Waals surface area contributed by atoms with E-state index in [1.54, 1.807) is 13.1 Å². The molecule has 0 unspecified atom stereocenters. The number of hydrogen-bond donors (Lipinski definition) is 0. The summed E-state index contributed by atoms with van der Waals surface area (Å²) in [6.07, 6.45) is 2.85. The number of alkyl halides is 1. The van der Waals surface area contributed by atoms with E-state index in [2.05, 4.69) is 0 Å². The Bertz CT molecular complexity index is 690. The molecule has 2 rings (SSSR count). The Morgan fingerprint density at radius 1 is 1.30 bits per heavy atom. The molecule has 0 saturated carbocycles. The van der Waals surface area contributed by atoms with Crippen LogP contribution in [0.4, 0.5) is 5.69 Å². The topological polar surface area (TPSA) is 70.1 Å². The number of nitro groups is 1. The van der Waals surface area contributed by atoms with E-state index in [0.29, 0.717) is 17.8 Å². The van der Waals surface area contributed by atoms with Crippen LogP contribution in [0.25, 0.3) is 10.9 Å². The van der Waals surface area contributed by atoms with Crippen molar-refractivity contribution in [2.75, 3.05) is 5.88 Å². The number of fused-ring (bicyclic) bond motifs is 1. The first kappa shape index (κ1) is 14.6. The number of halogens is 1. The molecule has 0 aliphatic rings. The van der Waals surface area contributed by atoms with Gasteiger partial charge in [-0.25, -0.2) is 0 Å². The Morgan fingerprint density at radius 2 is 2.05 bits per heavy atom. The number of aromatic nitrogens is 2. The zero-order chi connectivity index (χ0) is 14.7. The molecule has 1 heterocycles. The molecule has 20 heavy (non-hydrogen) atoms. The number of unbranched alkanes of at least 4 members (excludes halogenated alkanes) is 2. The Hall–Kier alpha value is -1.82. The molecule has 2 aromatic rings. The number of rotatable bonds is 6. The molecule has 0 atom stereocenters. The SMILES string of the molecule is Cn1c(=O)c2cc([N+](=O)[O-])ccc2n1CCCCCCl. The maximum atomic E-state index is 12.1. The summed E-state index contributed by atoms with van der Waals surface area (Å²) >= 11 is 5.63. The molecule has 0 aliphatic heterocycles. The fourth-order valence-electron chi connectivity index (χ4n) is 2.28. The number of benzene rings is 1. The van der Waals surface area contributed by atoms with E-state index < -0.39 is 4.92 Å². The Labute approximate surface area is 120 Å². The highest BCUT2D eigenvalue weighted by atomic mass is 35.5. The van der Waals surface area contributed by atoms with Crippen molar-refractivity contribution in [2.45, 2.75) is 25.8 Å². The second kappa shape index (κ2) is 6.09. The van der Waals surface area contributed by atoms with Gasteiger partial charge in [0, 0.05) is 31.6 Å². The molecule has 1 aromatic heterocycles. The molecule has 6 nitrogen and oxygen atoms in total. The first-order valence-corrected chi connectivity index (χ1v) is 6.99. The molecular weight excluding hydrogens is 282 g/mol. The fourth-order valence-corrected chi connectivity index (χ4v) is 2.47. The van der Waals surface area contributed by atoms with Gasteiger partial charge >= 0.3 is 0 Å². The minimum atomic E-state index is -0.489. The van der Waals surface area contributed by atoms with Crippen LogP contribution in [0.1, 0.15) is 19.3 Å². The zero-order valence-corrected chi connectivity index (χ0v) is 12.0. The summed E-state index contributed by atoms with van der Waals surface area (Å²) < 4.78 is 3.37. The third-order valence-corrected chi connectivity index (χ3v) is 3.63. The quantitative estimate of drug-likeness (QED) is 0.356. The standard InChI is InChI=1S/C13H16ClN3O3/c1-15-13(18)11-9-10(17(19)20)5-6-12(11)16(15)8-4-2-3-7-14/h5-6,9H,2-4,7-8H2,1H3. The summed E-state index contributed by atoms with van der Waals surface area (Å²) in [4.78, 5) is 22.4.